The van der Waals surface area contributed by atoms with E-state index in [9.17, 15) is 10.1 Å². The number of hydrogen-bond acceptors (Lipinski definition) is 3. The van der Waals surface area contributed by atoms with Gasteiger partial charge in [-0.1, -0.05) is 59.1 Å². The van der Waals surface area contributed by atoms with E-state index in [0.29, 0.717) is 15.1 Å². The Bertz CT molecular complexity index is 896. The lowest BCUT2D eigenvalue weighted by Crippen LogP contribution is -2.29. The smallest absolute Gasteiger partial charge is 0.269 e. The molecule has 128 valence electrons. The van der Waals surface area contributed by atoms with Gasteiger partial charge in [0.1, 0.15) is 0 Å². The zero-order chi connectivity index (χ0) is 17.7. The molecule has 25 heavy (non-hydrogen) atoms. The quantitative estimate of drug-likeness (QED) is 0.278. The van der Waals surface area contributed by atoms with Crippen LogP contribution in [0.2, 0.25) is 15.1 Å². The van der Waals surface area contributed by atoms with E-state index >= 15 is 0 Å². The average molecular weight is 396 g/mol. The van der Waals surface area contributed by atoms with E-state index in [0.717, 1.165) is 23.2 Å². The van der Waals surface area contributed by atoms with E-state index in [-0.39, 0.29) is 23.6 Å². The van der Waals surface area contributed by atoms with Gasteiger partial charge in [-0.25, -0.2) is 0 Å². The molecule has 4 rings (SSSR count). The van der Waals surface area contributed by atoms with Crippen molar-refractivity contribution >= 4 is 46.2 Å². The Morgan fingerprint density at radius 1 is 1.12 bits per heavy atom. The van der Waals surface area contributed by atoms with Gasteiger partial charge in [0.15, 0.2) is 0 Å². The highest BCUT2D eigenvalue weighted by Crippen LogP contribution is 2.54. The number of allylic oxidation sites excluding steroid dienone is 2. The molecule has 0 amide bonds. The molecule has 0 radical (unpaired) electrons. The Morgan fingerprint density at radius 2 is 1.84 bits per heavy atom. The number of benzene rings is 2. The molecule has 2 aromatic carbocycles. The normalized spacial score (nSPS) is 23.7. The molecule has 1 heterocycles. The van der Waals surface area contributed by atoms with E-state index in [4.69, 9.17) is 34.8 Å². The first-order valence-electron chi connectivity index (χ1n) is 7.82. The van der Waals surface area contributed by atoms with Crippen LogP contribution in [0.25, 0.3) is 0 Å². The summed E-state index contributed by atoms with van der Waals surface area (Å²) in [4.78, 5) is 10.5. The molecule has 0 spiro atoms. The van der Waals surface area contributed by atoms with Crippen molar-refractivity contribution < 1.29 is 4.92 Å². The minimum Gasteiger partial charge on any atom is -0.376 e. The van der Waals surface area contributed by atoms with Crippen LogP contribution in [0, 0.1) is 16.0 Å². The van der Waals surface area contributed by atoms with Gasteiger partial charge in [0.2, 0.25) is 0 Å². The highest BCUT2D eigenvalue weighted by atomic mass is 35.5. The lowest BCUT2D eigenvalue weighted by Gasteiger charge is -2.38. The average Bonchev–Trinajstić information content (AvgIpc) is 3.08. The summed E-state index contributed by atoms with van der Waals surface area (Å²) in [6.07, 6.45) is 5.16. The van der Waals surface area contributed by atoms with Gasteiger partial charge in [0.25, 0.3) is 5.69 Å². The predicted molar refractivity (Wildman–Crippen MR) is 101 cm³/mol. The van der Waals surface area contributed by atoms with Crippen LogP contribution in [0.1, 0.15) is 29.5 Å². The first-order chi connectivity index (χ1) is 12.0. The zero-order valence-corrected chi connectivity index (χ0v) is 15.1. The number of nitrogens with one attached hydrogen (secondary N) is 1. The molecule has 2 aromatic rings. The maximum absolute atomic E-state index is 10.9. The summed E-state index contributed by atoms with van der Waals surface area (Å²) in [5, 5.41) is 15.9. The number of fused-ring (bicyclic) bond motifs is 3. The van der Waals surface area contributed by atoms with Gasteiger partial charge in [0.05, 0.1) is 31.7 Å². The second kappa shape index (κ2) is 6.20. The molecule has 4 nitrogen and oxygen atoms in total. The third-order valence-electron chi connectivity index (χ3n) is 4.95. The first-order valence-corrected chi connectivity index (χ1v) is 8.95. The van der Waals surface area contributed by atoms with Gasteiger partial charge in [0, 0.05) is 23.6 Å². The molecule has 0 saturated heterocycles. The van der Waals surface area contributed by atoms with Crippen LogP contribution in [0.3, 0.4) is 0 Å². The maximum atomic E-state index is 10.9. The van der Waals surface area contributed by atoms with Gasteiger partial charge < -0.3 is 5.32 Å². The standard InChI is InChI=1S/C18H13Cl3N2O2/c19-13-8-14(20)18-15(16(13)21)11-2-1-3-12(11)17(22-18)9-4-6-10(7-5-9)23(24)25/h1-2,4-8,11-12,17,22H,3H2. The van der Waals surface area contributed by atoms with E-state index in [2.05, 4.69) is 17.5 Å². The molecular formula is C18H13Cl3N2O2. The van der Waals surface area contributed by atoms with Crippen LogP contribution in [0.4, 0.5) is 11.4 Å². The number of nitro benzene ring substituents is 1. The highest BCUT2D eigenvalue weighted by Gasteiger charge is 2.40. The van der Waals surface area contributed by atoms with Gasteiger partial charge >= 0.3 is 0 Å². The highest BCUT2D eigenvalue weighted by molar-refractivity contribution is 6.44. The first kappa shape index (κ1) is 16.7. The molecule has 1 N–H and O–H groups in total. The zero-order valence-electron chi connectivity index (χ0n) is 12.9. The fourth-order valence-corrected chi connectivity index (χ4v) is 4.60. The monoisotopic (exact) mass is 394 g/mol. The van der Waals surface area contributed by atoms with Crippen molar-refractivity contribution in [1.82, 2.24) is 0 Å². The summed E-state index contributed by atoms with van der Waals surface area (Å²) in [7, 11) is 0. The van der Waals surface area contributed by atoms with E-state index in [1.54, 1.807) is 18.2 Å². The predicted octanol–water partition coefficient (Wildman–Crippen LogP) is 6.38. The summed E-state index contributed by atoms with van der Waals surface area (Å²) in [5.74, 6) is 0.362. The number of nitrogens with zero attached hydrogens (tertiary/aromatic N) is 1. The van der Waals surface area contributed by atoms with Gasteiger partial charge in [-0.3, -0.25) is 10.1 Å². The number of hydrogen-bond donors (Lipinski definition) is 1. The molecule has 1 aliphatic heterocycles. The van der Waals surface area contributed by atoms with Crippen molar-refractivity contribution in [3.8, 4) is 0 Å². The van der Waals surface area contributed by atoms with Crippen molar-refractivity contribution in [1.29, 1.82) is 0 Å². The van der Waals surface area contributed by atoms with Gasteiger partial charge in [-0.05, 0) is 24.0 Å². The number of non-ortho nitro benzene ring substituents is 1. The molecule has 7 heteroatoms. The Morgan fingerprint density at radius 3 is 2.52 bits per heavy atom. The van der Waals surface area contributed by atoms with Crippen LogP contribution in [-0.4, -0.2) is 4.92 Å². The van der Waals surface area contributed by atoms with Crippen LogP contribution in [-0.2, 0) is 0 Å². The Labute approximate surface area is 159 Å². The molecule has 0 saturated carbocycles. The number of rotatable bonds is 2. The maximum Gasteiger partial charge on any atom is 0.269 e. The second-order valence-corrected chi connectivity index (χ2v) is 7.46. The largest absolute Gasteiger partial charge is 0.376 e. The molecular weight excluding hydrogens is 383 g/mol. The third kappa shape index (κ3) is 2.69. The van der Waals surface area contributed by atoms with E-state index in [1.165, 1.54) is 12.1 Å². The molecule has 0 aromatic heterocycles. The minimum atomic E-state index is -0.397. The van der Waals surface area contributed by atoms with Crippen molar-refractivity contribution in [2.24, 2.45) is 5.92 Å². The van der Waals surface area contributed by atoms with Gasteiger partial charge in [-0.15, -0.1) is 0 Å². The third-order valence-corrected chi connectivity index (χ3v) is 6.05. The lowest BCUT2D eigenvalue weighted by molar-refractivity contribution is -0.384. The van der Waals surface area contributed by atoms with Crippen molar-refractivity contribution in [3.63, 3.8) is 0 Å². The summed E-state index contributed by atoms with van der Waals surface area (Å²) < 4.78 is 0. The molecule has 1 aliphatic carbocycles. The second-order valence-electron chi connectivity index (χ2n) is 6.27. The summed E-state index contributed by atoms with van der Waals surface area (Å²) >= 11 is 19.1. The molecule has 0 fully saturated rings. The molecule has 0 bridgehead atoms. The fraction of sp³-hybridized carbons (Fsp3) is 0.222. The Kier molecular flexibility index (Phi) is 4.14. The SMILES string of the molecule is O=[N+]([O-])c1ccc(C2Nc3c(Cl)cc(Cl)c(Cl)c3C3C=CCC32)cc1. The van der Waals surface area contributed by atoms with Crippen LogP contribution in [0.5, 0.6) is 0 Å². The van der Waals surface area contributed by atoms with Crippen LogP contribution >= 0.6 is 34.8 Å². The Balaban J connectivity index is 1.80. The van der Waals surface area contributed by atoms with Crippen molar-refractivity contribution in [2.75, 3.05) is 5.32 Å². The fourth-order valence-electron chi connectivity index (χ4n) is 3.80. The summed E-state index contributed by atoms with van der Waals surface area (Å²) in [6, 6.07) is 8.27. The van der Waals surface area contributed by atoms with Gasteiger partial charge in [-0.2, -0.15) is 0 Å². The van der Waals surface area contributed by atoms with Crippen LogP contribution < -0.4 is 5.32 Å². The molecule has 3 atom stereocenters. The van der Waals surface area contributed by atoms with Crippen LogP contribution in [0.15, 0.2) is 42.5 Å². The number of anilines is 1. The molecule has 2 aliphatic rings. The van der Waals surface area contributed by atoms with E-state index < -0.39 is 4.92 Å². The minimum absolute atomic E-state index is 0.0111. The lowest BCUT2D eigenvalue weighted by atomic mass is 9.77. The Hall–Kier alpha value is -1.75. The molecule has 3 unspecified atom stereocenters. The van der Waals surface area contributed by atoms with Crippen molar-refractivity contribution in [3.05, 3.63) is 78.8 Å². The summed E-state index contributed by atoms with van der Waals surface area (Å²) in [6.45, 7) is 0. The topological polar surface area (TPSA) is 55.2 Å². The van der Waals surface area contributed by atoms with Crippen molar-refractivity contribution in [2.45, 2.75) is 18.4 Å². The van der Waals surface area contributed by atoms with E-state index in [1.807, 2.05) is 0 Å². The summed E-state index contributed by atoms with van der Waals surface area (Å²) in [5.41, 5.74) is 2.77. The number of halogens is 3. The number of nitro groups is 1.